The number of rotatable bonds is 5. The van der Waals surface area contributed by atoms with Gasteiger partial charge in [0, 0.05) is 17.3 Å². The summed E-state index contributed by atoms with van der Waals surface area (Å²) in [6, 6.07) is 4.35. The van der Waals surface area contributed by atoms with Crippen molar-refractivity contribution in [2.24, 2.45) is 0 Å². The largest absolute Gasteiger partial charge is 0.439 e. The molecule has 12 heteroatoms. The number of halogens is 2. The maximum absolute atomic E-state index is 12.0. The molecule has 0 saturated heterocycles. The molecule has 0 aliphatic heterocycles. The summed E-state index contributed by atoms with van der Waals surface area (Å²) in [6.07, 6.45) is 1.89. The summed E-state index contributed by atoms with van der Waals surface area (Å²) in [5, 5.41) is 12.2. The Hall–Kier alpha value is -3.11. The van der Waals surface area contributed by atoms with Gasteiger partial charge < -0.3 is 10.1 Å². The lowest BCUT2D eigenvalue weighted by Gasteiger charge is -2.11. The number of hydrogen-bond acceptors (Lipinski definition) is 7. The van der Waals surface area contributed by atoms with Crippen LogP contribution in [0.5, 0.6) is 11.6 Å². The zero-order valence-electron chi connectivity index (χ0n) is 13.9. The van der Waals surface area contributed by atoms with Gasteiger partial charge in [-0.15, -0.1) is 5.10 Å². The highest BCUT2D eigenvalue weighted by Crippen LogP contribution is 2.41. The number of hydrogen-bond donors (Lipinski definition) is 3. The molecule has 0 radical (unpaired) electrons. The summed E-state index contributed by atoms with van der Waals surface area (Å²) in [4.78, 5) is 36.8. The van der Waals surface area contributed by atoms with Crippen molar-refractivity contribution in [2.75, 3.05) is 5.32 Å². The van der Waals surface area contributed by atoms with Crippen molar-refractivity contribution >= 4 is 34.8 Å². The second-order valence-corrected chi connectivity index (χ2v) is 6.85. The van der Waals surface area contributed by atoms with Crippen LogP contribution in [0.25, 0.3) is 0 Å². The number of H-pyrrole nitrogens is 2. The van der Waals surface area contributed by atoms with Crippen LogP contribution in [0.4, 0.5) is 5.69 Å². The first kappa shape index (κ1) is 18.3. The zero-order valence-corrected chi connectivity index (χ0v) is 15.4. The van der Waals surface area contributed by atoms with E-state index in [4.69, 9.17) is 27.9 Å². The quantitative estimate of drug-likeness (QED) is 0.571. The van der Waals surface area contributed by atoms with Crippen molar-refractivity contribution in [3.8, 4) is 11.6 Å². The van der Waals surface area contributed by atoms with Gasteiger partial charge >= 0.3 is 5.76 Å². The smallest absolute Gasteiger partial charge is 0.434 e. The third-order valence-corrected chi connectivity index (χ3v) is 4.51. The van der Waals surface area contributed by atoms with Crippen LogP contribution in [-0.4, -0.2) is 26.2 Å². The van der Waals surface area contributed by atoms with Gasteiger partial charge in [0.25, 0.3) is 11.5 Å². The minimum absolute atomic E-state index is 0.0948. The standard InChI is InChI=1S/C16H11Cl2N5O5/c17-9-3-7(19-15(25)13-20-16(26)28-23-13)4-10(18)12(9)27-11-5-8(6-1-2-6)14(24)22-21-11/h3-6H,1-2H2,(H,19,25)(H,22,24)(H,20,23,26). The molecular formula is C16H11Cl2N5O5. The lowest BCUT2D eigenvalue weighted by Crippen LogP contribution is -2.15. The normalized spacial score (nSPS) is 13.4. The minimum Gasteiger partial charge on any atom is -0.434 e. The molecule has 0 unspecified atom stereocenters. The number of aromatic nitrogens is 4. The zero-order chi connectivity index (χ0) is 19.8. The lowest BCUT2D eigenvalue weighted by molar-refractivity contribution is 0.101. The molecule has 0 spiro atoms. The fourth-order valence-electron chi connectivity index (χ4n) is 2.50. The Labute approximate surface area is 165 Å². The summed E-state index contributed by atoms with van der Waals surface area (Å²) in [5.74, 6) is -1.42. The fourth-order valence-corrected chi connectivity index (χ4v) is 3.07. The number of ether oxygens (including phenoxy) is 1. The molecule has 1 fully saturated rings. The molecule has 1 aliphatic rings. The Morgan fingerprint density at radius 2 is 1.93 bits per heavy atom. The average Bonchev–Trinajstić information content (AvgIpc) is 3.39. The van der Waals surface area contributed by atoms with E-state index in [1.807, 2.05) is 0 Å². The molecule has 2 aromatic heterocycles. The molecule has 1 saturated carbocycles. The van der Waals surface area contributed by atoms with Crippen molar-refractivity contribution in [1.29, 1.82) is 0 Å². The van der Waals surface area contributed by atoms with Crippen molar-refractivity contribution in [3.05, 3.63) is 60.5 Å². The lowest BCUT2D eigenvalue weighted by atomic mass is 10.2. The van der Waals surface area contributed by atoms with Gasteiger partial charge in [0.15, 0.2) is 5.75 Å². The van der Waals surface area contributed by atoms with Crippen LogP contribution in [0.3, 0.4) is 0 Å². The van der Waals surface area contributed by atoms with Gasteiger partial charge in [0.05, 0.1) is 10.0 Å². The first-order valence-corrected chi connectivity index (χ1v) is 8.80. The number of amides is 1. The highest BCUT2D eigenvalue weighted by Gasteiger charge is 2.27. The summed E-state index contributed by atoms with van der Waals surface area (Å²) >= 11 is 12.4. The number of nitrogens with one attached hydrogen (secondary N) is 3. The Balaban J connectivity index is 1.56. The predicted octanol–water partition coefficient (Wildman–Crippen LogP) is 2.67. The summed E-state index contributed by atoms with van der Waals surface area (Å²) in [6.45, 7) is 0. The molecule has 1 aliphatic carbocycles. The topological polar surface area (TPSA) is 143 Å². The van der Waals surface area contributed by atoms with E-state index in [0.29, 0.717) is 5.56 Å². The Kier molecular flexibility index (Phi) is 4.65. The van der Waals surface area contributed by atoms with Gasteiger partial charge in [-0.2, -0.15) is 0 Å². The molecule has 0 atom stereocenters. The van der Waals surface area contributed by atoms with E-state index in [1.165, 1.54) is 12.1 Å². The van der Waals surface area contributed by atoms with Gasteiger partial charge in [-0.05, 0) is 36.0 Å². The van der Waals surface area contributed by atoms with E-state index in [1.54, 1.807) is 6.07 Å². The van der Waals surface area contributed by atoms with Crippen LogP contribution >= 0.6 is 23.2 Å². The predicted molar refractivity (Wildman–Crippen MR) is 98.4 cm³/mol. The molecule has 10 nitrogen and oxygen atoms in total. The van der Waals surface area contributed by atoms with Gasteiger partial charge in [-0.25, -0.2) is 9.89 Å². The number of carbonyl (C=O) groups is 1. The number of nitrogens with zero attached hydrogens (tertiary/aromatic N) is 2. The van der Waals surface area contributed by atoms with E-state index >= 15 is 0 Å². The maximum atomic E-state index is 12.0. The SMILES string of the molecule is O=C(Nc1cc(Cl)c(Oc2cc(C3CC3)c(=O)[nH]n2)c(Cl)c1)c1noc(=O)[nH]1. The van der Waals surface area contributed by atoms with Crippen molar-refractivity contribution in [2.45, 2.75) is 18.8 Å². The van der Waals surface area contributed by atoms with Crippen molar-refractivity contribution < 1.29 is 14.1 Å². The number of anilines is 1. The third kappa shape index (κ3) is 3.78. The van der Waals surface area contributed by atoms with E-state index in [-0.39, 0.29) is 44.7 Å². The van der Waals surface area contributed by atoms with E-state index < -0.39 is 11.7 Å². The molecule has 4 rings (SSSR count). The second kappa shape index (κ2) is 7.13. The molecule has 144 valence electrons. The summed E-state index contributed by atoms with van der Waals surface area (Å²) < 4.78 is 9.90. The fraction of sp³-hybridized carbons (Fsp3) is 0.188. The van der Waals surface area contributed by atoms with Crippen LogP contribution in [-0.2, 0) is 0 Å². The Morgan fingerprint density at radius 3 is 2.54 bits per heavy atom. The van der Waals surface area contributed by atoms with E-state index in [0.717, 1.165) is 12.8 Å². The van der Waals surface area contributed by atoms with Crippen LogP contribution in [0, 0.1) is 0 Å². The van der Waals surface area contributed by atoms with Crippen LogP contribution in [0.2, 0.25) is 10.0 Å². The monoisotopic (exact) mass is 423 g/mol. The summed E-state index contributed by atoms with van der Waals surface area (Å²) in [5.41, 5.74) is 0.586. The van der Waals surface area contributed by atoms with E-state index in [9.17, 15) is 14.4 Å². The Morgan fingerprint density at radius 1 is 1.21 bits per heavy atom. The highest BCUT2D eigenvalue weighted by molar-refractivity contribution is 6.37. The van der Waals surface area contributed by atoms with Gasteiger partial charge in [0.1, 0.15) is 0 Å². The minimum atomic E-state index is -0.857. The third-order valence-electron chi connectivity index (χ3n) is 3.94. The molecule has 1 amide bonds. The van der Waals surface area contributed by atoms with Crippen LogP contribution in [0.1, 0.15) is 34.9 Å². The Bertz CT molecular complexity index is 1160. The van der Waals surface area contributed by atoms with Gasteiger partial charge in [-0.1, -0.05) is 23.2 Å². The average molecular weight is 424 g/mol. The van der Waals surface area contributed by atoms with Crippen molar-refractivity contribution in [1.82, 2.24) is 20.3 Å². The highest BCUT2D eigenvalue weighted by atomic mass is 35.5. The van der Waals surface area contributed by atoms with E-state index in [2.05, 4.69) is 30.2 Å². The second-order valence-electron chi connectivity index (χ2n) is 6.03. The molecule has 3 N–H and O–H groups in total. The molecule has 2 heterocycles. The first-order valence-electron chi connectivity index (χ1n) is 8.04. The molecular weight excluding hydrogens is 413 g/mol. The van der Waals surface area contributed by atoms with Gasteiger partial charge in [0.2, 0.25) is 11.7 Å². The number of carbonyl (C=O) groups excluding carboxylic acids is 1. The van der Waals surface area contributed by atoms with Crippen molar-refractivity contribution in [3.63, 3.8) is 0 Å². The number of aromatic amines is 2. The van der Waals surface area contributed by atoms with Crippen LogP contribution in [0.15, 0.2) is 32.3 Å². The molecule has 0 bridgehead atoms. The summed E-state index contributed by atoms with van der Waals surface area (Å²) in [7, 11) is 0. The van der Waals surface area contributed by atoms with Crippen LogP contribution < -0.4 is 21.4 Å². The number of benzene rings is 1. The maximum Gasteiger partial charge on any atom is 0.439 e. The molecule has 3 aromatic rings. The molecule has 1 aromatic carbocycles. The first-order chi connectivity index (χ1) is 13.4. The molecule has 28 heavy (non-hydrogen) atoms. The van der Waals surface area contributed by atoms with Gasteiger partial charge in [-0.3, -0.25) is 19.1 Å².